The maximum absolute atomic E-state index is 5.95. The predicted molar refractivity (Wildman–Crippen MR) is 70.9 cm³/mol. The van der Waals surface area contributed by atoms with Gasteiger partial charge in [-0.2, -0.15) is 5.10 Å². The van der Waals surface area contributed by atoms with Crippen molar-refractivity contribution < 1.29 is 0 Å². The van der Waals surface area contributed by atoms with E-state index in [1.165, 1.54) is 0 Å². The summed E-state index contributed by atoms with van der Waals surface area (Å²) in [6, 6.07) is 1.71. The number of hydrogen-bond acceptors (Lipinski definition) is 3. The van der Waals surface area contributed by atoms with Crippen LogP contribution in [0.15, 0.2) is 18.5 Å². The van der Waals surface area contributed by atoms with Gasteiger partial charge in [0.05, 0.1) is 9.77 Å². The van der Waals surface area contributed by atoms with E-state index in [2.05, 4.69) is 44.6 Å². The Morgan fingerprint density at radius 1 is 1.44 bits per heavy atom. The molecule has 84 valence electrons. The average Bonchev–Trinajstić information content (AvgIpc) is 2.64. The monoisotopic (exact) mass is 348 g/mol. The van der Waals surface area contributed by atoms with Crippen LogP contribution in [0, 0.1) is 3.57 Å². The van der Waals surface area contributed by atoms with Crippen molar-refractivity contribution in [1.29, 1.82) is 0 Å². The lowest BCUT2D eigenvalue weighted by atomic mass is 10.3. The number of aryl methyl sites for hydroxylation is 1. The minimum Gasteiger partial charge on any atom is -0.221 e. The second-order valence-corrected chi connectivity index (χ2v) is 4.95. The molecule has 0 unspecified atom stereocenters. The van der Waals surface area contributed by atoms with Crippen molar-refractivity contribution in [2.75, 3.05) is 0 Å². The largest absolute Gasteiger partial charge is 0.221 e. The van der Waals surface area contributed by atoms with Crippen LogP contribution < -0.4 is 0 Å². The summed E-state index contributed by atoms with van der Waals surface area (Å²) >= 11 is 8.15. The fourth-order valence-corrected chi connectivity index (χ4v) is 1.91. The third-order valence-corrected chi connectivity index (χ3v) is 2.74. The summed E-state index contributed by atoms with van der Waals surface area (Å²) in [4.78, 5) is 8.58. The highest BCUT2D eigenvalue weighted by atomic mass is 127. The highest BCUT2D eigenvalue weighted by Gasteiger charge is 2.05. The summed E-state index contributed by atoms with van der Waals surface area (Å²) in [7, 11) is 0. The number of halogens is 2. The van der Waals surface area contributed by atoms with Crippen molar-refractivity contribution in [3.63, 3.8) is 0 Å². The van der Waals surface area contributed by atoms with Gasteiger partial charge in [0, 0.05) is 18.7 Å². The van der Waals surface area contributed by atoms with Gasteiger partial charge in [0.15, 0.2) is 5.82 Å². The molecule has 0 saturated heterocycles. The van der Waals surface area contributed by atoms with E-state index in [0.29, 0.717) is 11.0 Å². The summed E-state index contributed by atoms with van der Waals surface area (Å²) in [5.74, 6) is 1.47. The highest BCUT2D eigenvalue weighted by molar-refractivity contribution is 14.1. The number of rotatable bonds is 3. The van der Waals surface area contributed by atoms with Crippen LogP contribution in [-0.2, 0) is 6.42 Å². The quantitative estimate of drug-likeness (QED) is 0.633. The molecule has 0 bridgehead atoms. The van der Waals surface area contributed by atoms with Crippen LogP contribution in [0.4, 0.5) is 0 Å². The maximum Gasteiger partial charge on any atom is 0.158 e. The molecule has 0 aromatic carbocycles. The minimum absolute atomic E-state index is 0.457. The van der Waals surface area contributed by atoms with Crippen molar-refractivity contribution in [3.8, 4) is 5.82 Å². The lowest BCUT2D eigenvalue weighted by molar-refractivity contribution is 0.785. The van der Waals surface area contributed by atoms with Crippen LogP contribution in [0.2, 0.25) is 5.15 Å². The van der Waals surface area contributed by atoms with Crippen LogP contribution in [0.5, 0.6) is 0 Å². The van der Waals surface area contributed by atoms with E-state index in [0.717, 1.165) is 22.2 Å². The van der Waals surface area contributed by atoms with Gasteiger partial charge in [0.1, 0.15) is 11.0 Å². The fourth-order valence-electron chi connectivity index (χ4n) is 1.33. The molecule has 6 heteroatoms. The Morgan fingerprint density at radius 3 is 2.88 bits per heavy atom. The van der Waals surface area contributed by atoms with Gasteiger partial charge in [-0.15, -0.1) is 0 Å². The molecule has 0 N–H and O–H groups in total. The topological polar surface area (TPSA) is 43.6 Å². The molecule has 0 atom stereocenters. The van der Waals surface area contributed by atoms with E-state index in [9.17, 15) is 0 Å². The predicted octanol–water partition coefficient (Wildman–Crippen LogP) is 2.87. The van der Waals surface area contributed by atoms with E-state index in [1.807, 2.05) is 6.20 Å². The number of hydrogen-bond donors (Lipinski definition) is 0. The lowest BCUT2D eigenvalue weighted by Crippen LogP contribution is -2.03. The molecule has 0 aliphatic carbocycles. The molecule has 0 amide bonds. The molecule has 0 spiro atoms. The molecule has 4 nitrogen and oxygen atoms in total. The zero-order valence-corrected chi connectivity index (χ0v) is 11.6. The molecular formula is C10H10ClIN4. The summed E-state index contributed by atoms with van der Waals surface area (Å²) < 4.78 is 2.76. The molecule has 2 aromatic heterocycles. The first-order valence-electron chi connectivity index (χ1n) is 4.93. The van der Waals surface area contributed by atoms with E-state index in [-0.39, 0.29) is 0 Å². The van der Waals surface area contributed by atoms with Gasteiger partial charge in [0.2, 0.25) is 0 Å². The molecule has 16 heavy (non-hydrogen) atoms. The summed E-state index contributed by atoms with van der Waals surface area (Å²) in [5, 5.41) is 4.65. The van der Waals surface area contributed by atoms with Gasteiger partial charge in [-0.25, -0.2) is 14.6 Å². The van der Waals surface area contributed by atoms with Gasteiger partial charge in [-0.1, -0.05) is 18.5 Å². The Hall–Kier alpha value is -0.690. The van der Waals surface area contributed by atoms with Crippen molar-refractivity contribution >= 4 is 34.2 Å². The van der Waals surface area contributed by atoms with Gasteiger partial charge >= 0.3 is 0 Å². The van der Waals surface area contributed by atoms with Crippen molar-refractivity contribution in [1.82, 2.24) is 19.7 Å². The highest BCUT2D eigenvalue weighted by Crippen LogP contribution is 2.13. The third-order valence-electron chi connectivity index (χ3n) is 1.99. The second kappa shape index (κ2) is 5.09. The standard InChI is InChI=1S/C10H10ClIN4/c1-2-3-9-14-8(11)4-10(15-9)16-6-7(12)5-13-16/h4-6H,2-3H2,1H3. The molecular weight excluding hydrogens is 338 g/mol. The molecule has 0 fully saturated rings. The smallest absolute Gasteiger partial charge is 0.158 e. The number of nitrogens with zero attached hydrogens (tertiary/aromatic N) is 4. The Morgan fingerprint density at radius 2 is 2.25 bits per heavy atom. The normalized spacial score (nSPS) is 10.7. The first-order valence-corrected chi connectivity index (χ1v) is 6.38. The Labute approximate surface area is 112 Å². The molecule has 2 rings (SSSR count). The Bertz CT molecular complexity index is 497. The van der Waals surface area contributed by atoms with Gasteiger partial charge in [-0.05, 0) is 29.0 Å². The minimum atomic E-state index is 0.457. The van der Waals surface area contributed by atoms with E-state index in [1.54, 1.807) is 16.9 Å². The molecule has 2 aromatic rings. The molecule has 0 radical (unpaired) electrons. The van der Waals surface area contributed by atoms with Crippen LogP contribution >= 0.6 is 34.2 Å². The van der Waals surface area contributed by atoms with Crippen LogP contribution in [-0.4, -0.2) is 19.7 Å². The summed E-state index contributed by atoms with van der Waals surface area (Å²) in [6.45, 7) is 2.08. The summed E-state index contributed by atoms with van der Waals surface area (Å²) in [5.41, 5.74) is 0. The summed E-state index contributed by atoms with van der Waals surface area (Å²) in [6.07, 6.45) is 5.49. The lowest BCUT2D eigenvalue weighted by Gasteiger charge is -2.03. The van der Waals surface area contributed by atoms with Crippen LogP contribution in [0.1, 0.15) is 19.2 Å². The van der Waals surface area contributed by atoms with Gasteiger partial charge in [0.25, 0.3) is 0 Å². The first-order chi connectivity index (χ1) is 7.69. The van der Waals surface area contributed by atoms with Crippen molar-refractivity contribution in [3.05, 3.63) is 33.0 Å². The Balaban J connectivity index is 2.40. The SMILES string of the molecule is CCCc1nc(Cl)cc(-n2cc(I)cn2)n1. The zero-order chi connectivity index (χ0) is 11.5. The average molecular weight is 349 g/mol. The van der Waals surface area contributed by atoms with Crippen molar-refractivity contribution in [2.24, 2.45) is 0 Å². The molecule has 0 aliphatic heterocycles. The zero-order valence-electron chi connectivity index (χ0n) is 8.69. The molecule has 2 heterocycles. The second-order valence-electron chi connectivity index (χ2n) is 3.32. The molecule has 0 saturated carbocycles. The Kier molecular flexibility index (Phi) is 3.75. The van der Waals surface area contributed by atoms with Crippen molar-refractivity contribution in [2.45, 2.75) is 19.8 Å². The van der Waals surface area contributed by atoms with Gasteiger partial charge < -0.3 is 0 Å². The van der Waals surface area contributed by atoms with E-state index >= 15 is 0 Å². The van der Waals surface area contributed by atoms with Crippen LogP contribution in [0.3, 0.4) is 0 Å². The maximum atomic E-state index is 5.95. The number of aromatic nitrogens is 4. The van der Waals surface area contributed by atoms with E-state index < -0.39 is 0 Å². The fraction of sp³-hybridized carbons (Fsp3) is 0.300. The first kappa shape index (κ1) is 11.8. The molecule has 0 aliphatic rings. The van der Waals surface area contributed by atoms with Gasteiger partial charge in [-0.3, -0.25) is 0 Å². The van der Waals surface area contributed by atoms with E-state index in [4.69, 9.17) is 11.6 Å². The third kappa shape index (κ3) is 2.70. The van der Waals surface area contributed by atoms with Crippen LogP contribution in [0.25, 0.3) is 5.82 Å².